The molecule has 114 valence electrons. The SMILES string of the molecule is Cc1ccc([N+](=O)[O-])cc1NC(=O)[C@H](C)[NH+]1CCCCC1. The fourth-order valence-corrected chi connectivity index (χ4v) is 2.72. The Hall–Kier alpha value is -1.95. The molecule has 0 radical (unpaired) electrons. The van der Waals surface area contributed by atoms with Gasteiger partial charge in [-0.25, -0.2) is 0 Å². The van der Waals surface area contributed by atoms with Crippen molar-refractivity contribution in [2.45, 2.75) is 39.2 Å². The lowest BCUT2D eigenvalue weighted by Gasteiger charge is -2.28. The van der Waals surface area contributed by atoms with Gasteiger partial charge in [0.1, 0.15) is 0 Å². The molecule has 0 bridgehead atoms. The van der Waals surface area contributed by atoms with Gasteiger partial charge in [-0.1, -0.05) is 6.07 Å². The number of anilines is 1. The topological polar surface area (TPSA) is 76.7 Å². The van der Waals surface area contributed by atoms with Crippen molar-refractivity contribution in [3.05, 3.63) is 33.9 Å². The van der Waals surface area contributed by atoms with Crippen molar-refractivity contribution in [3.63, 3.8) is 0 Å². The molecule has 2 N–H and O–H groups in total. The van der Waals surface area contributed by atoms with E-state index in [0.717, 1.165) is 31.5 Å². The van der Waals surface area contributed by atoms with Crippen molar-refractivity contribution >= 4 is 17.3 Å². The van der Waals surface area contributed by atoms with Crippen molar-refractivity contribution in [3.8, 4) is 0 Å². The van der Waals surface area contributed by atoms with Crippen molar-refractivity contribution in [1.82, 2.24) is 0 Å². The number of piperidine rings is 1. The number of carbonyl (C=O) groups excluding carboxylic acids is 1. The Morgan fingerprint density at radius 1 is 1.33 bits per heavy atom. The summed E-state index contributed by atoms with van der Waals surface area (Å²) < 4.78 is 0. The molecule has 6 heteroatoms. The highest BCUT2D eigenvalue weighted by Gasteiger charge is 2.27. The van der Waals surface area contributed by atoms with Crippen LogP contribution in [0.2, 0.25) is 0 Å². The second-order valence-electron chi connectivity index (χ2n) is 5.69. The number of non-ortho nitro benzene ring substituents is 1. The minimum absolute atomic E-state index is 0.00567. The number of nitrogens with one attached hydrogen (secondary N) is 2. The Labute approximate surface area is 124 Å². The predicted molar refractivity (Wildman–Crippen MR) is 80.5 cm³/mol. The first kappa shape index (κ1) is 15.4. The number of aryl methyl sites for hydroxylation is 1. The van der Waals surface area contributed by atoms with Crippen LogP contribution in [0.25, 0.3) is 0 Å². The highest BCUT2D eigenvalue weighted by Crippen LogP contribution is 2.21. The Bertz CT molecular complexity index is 539. The number of nitro benzene ring substituents is 1. The Morgan fingerprint density at radius 2 is 2.00 bits per heavy atom. The monoisotopic (exact) mass is 292 g/mol. The number of quaternary nitrogens is 1. The molecule has 1 aromatic carbocycles. The summed E-state index contributed by atoms with van der Waals surface area (Å²) in [6, 6.07) is 4.39. The van der Waals surface area contributed by atoms with Gasteiger partial charge in [-0.15, -0.1) is 0 Å². The van der Waals surface area contributed by atoms with Gasteiger partial charge in [0.2, 0.25) is 0 Å². The summed E-state index contributed by atoms with van der Waals surface area (Å²) in [5, 5.41) is 13.7. The number of likely N-dealkylation sites (tertiary alicyclic amines) is 1. The van der Waals surface area contributed by atoms with Gasteiger partial charge in [0, 0.05) is 12.1 Å². The second kappa shape index (κ2) is 6.67. The third kappa shape index (κ3) is 3.78. The molecule has 0 aromatic heterocycles. The summed E-state index contributed by atoms with van der Waals surface area (Å²) >= 11 is 0. The lowest BCUT2D eigenvalue weighted by atomic mass is 10.1. The van der Waals surface area contributed by atoms with E-state index in [2.05, 4.69) is 5.32 Å². The van der Waals surface area contributed by atoms with E-state index in [-0.39, 0.29) is 17.6 Å². The summed E-state index contributed by atoms with van der Waals surface area (Å²) in [5.41, 5.74) is 1.35. The number of nitro groups is 1. The van der Waals surface area contributed by atoms with E-state index in [1.54, 1.807) is 6.07 Å². The van der Waals surface area contributed by atoms with Crippen molar-refractivity contribution in [2.75, 3.05) is 18.4 Å². The van der Waals surface area contributed by atoms with E-state index in [9.17, 15) is 14.9 Å². The van der Waals surface area contributed by atoms with Gasteiger partial charge < -0.3 is 10.2 Å². The van der Waals surface area contributed by atoms with E-state index in [4.69, 9.17) is 0 Å². The summed E-state index contributed by atoms with van der Waals surface area (Å²) in [4.78, 5) is 24.0. The third-order valence-corrected chi connectivity index (χ3v) is 4.19. The summed E-state index contributed by atoms with van der Waals surface area (Å²) in [6.45, 7) is 5.78. The average molecular weight is 292 g/mol. The summed E-state index contributed by atoms with van der Waals surface area (Å²) in [7, 11) is 0. The zero-order valence-electron chi connectivity index (χ0n) is 12.5. The highest BCUT2D eigenvalue weighted by atomic mass is 16.6. The second-order valence-corrected chi connectivity index (χ2v) is 5.69. The van der Waals surface area contributed by atoms with Crippen LogP contribution in [0.3, 0.4) is 0 Å². The van der Waals surface area contributed by atoms with E-state index in [0.29, 0.717) is 5.69 Å². The van der Waals surface area contributed by atoms with Crippen molar-refractivity contribution < 1.29 is 14.6 Å². The molecule has 1 fully saturated rings. The summed E-state index contributed by atoms with van der Waals surface area (Å²) in [5.74, 6) is -0.0736. The molecule has 1 aliphatic rings. The smallest absolute Gasteiger partial charge is 0.282 e. The standard InChI is InChI=1S/C15H21N3O3/c1-11-6-7-13(18(20)21)10-14(11)16-15(19)12(2)17-8-4-3-5-9-17/h6-7,10,12H,3-5,8-9H2,1-2H3,(H,16,19)/p+1/t12-/m0/s1. The Kier molecular flexibility index (Phi) is 4.90. The van der Waals surface area contributed by atoms with Gasteiger partial charge >= 0.3 is 0 Å². The summed E-state index contributed by atoms with van der Waals surface area (Å²) in [6.07, 6.45) is 3.55. The van der Waals surface area contributed by atoms with Crippen LogP contribution in [0, 0.1) is 17.0 Å². The van der Waals surface area contributed by atoms with Crippen LogP contribution >= 0.6 is 0 Å². The number of hydrogen-bond acceptors (Lipinski definition) is 3. The van der Waals surface area contributed by atoms with Gasteiger partial charge in [0.15, 0.2) is 6.04 Å². The lowest BCUT2D eigenvalue weighted by Crippen LogP contribution is -3.17. The van der Waals surface area contributed by atoms with Gasteiger partial charge in [-0.2, -0.15) is 0 Å². The molecule has 6 nitrogen and oxygen atoms in total. The quantitative estimate of drug-likeness (QED) is 0.648. The largest absolute Gasteiger partial charge is 0.325 e. The molecule has 0 saturated carbocycles. The maximum atomic E-state index is 12.3. The third-order valence-electron chi connectivity index (χ3n) is 4.19. The lowest BCUT2D eigenvalue weighted by molar-refractivity contribution is -0.918. The molecule has 1 amide bonds. The zero-order valence-corrected chi connectivity index (χ0v) is 12.5. The maximum absolute atomic E-state index is 12.3. The molecular formula is C15H22N3O3+. The first-order valence-electron chi connectivity index (χ1n) is 7.39. The molecule has 0 spiro atoms. The van der Waals surface area contributed by atoms with Gasteiger partial charge in [0.05, 0.1) is 23.7 Å². The fourth-order valence-electron chi connectivity index (χ4n) is 2.72. The minimum atomic E-state index is -0.450. The molecule has 1 aromatic rings. The van der Waals surface area contributed by atoms with Gasteiger partial charge in [-0.3, -0.25) is 14.9 Å². The first-order chi connectivity index (χ1) is 9.99. The number of carbonyl (C=O) groups is 1. The van der Waals surface area contributed by atoms with Crippen LogP contribution in [0.1, 0.15) is 31.7 Å². The van der Waals surface area contributed by atoms with E-state index in [1.165, 1.54) is 23.5 Å². The molecule has 1 atom stereocenters. The van der Waals surface area contributed by atoms with Crippen molar-refractivity contribution in [2.24, 2.45) is 0 Å². The normalized spacial score (nSPS) is 17.2. The molecular weight excluding hydrogens is 270 g/mol. The van der Waals surface area contributed by atoms with E-state index in [1.807, 2.05) is 13.8 Å². The van der Waals surface area contributed by atoms with Crippen molar-refractivity contribution in [1.29, 1.82) is 0 Å². The van der Waals surface area contributed by atoms with Crippen LogP contribution in [0.15, 0.2) is 18.2 Å². The van der Waals surface area contributed by atoms with E-state index >= 15 is 0 Å². The van der Waals surface area contributed by atoms with Gasteiger partial charge in [-0.05, 0) is 38.7 Å². The molecule has 2 rings (SSSR count). The molecule has 1 heterocycles. The average Bonchev–Trinajstić information content (AvgIpc) is 2.49. The maximum Gasteiger partial charge on any atom is 0.282 e. The molecule has 1 saturated heterocycles. The van der Waals surface area contributed by atoms with Crippen LogP contribution in [0.4, 0.5) is 11.4 Å². The minimum Gasteiger partial charge on any atom is -0.325 e. The number of hydrogen-bond donors (Lipinski definition) is 2. The van der Waals surface area contributed by atoms with E-state index < -0.39 is 4.92 Å². The van der Waals surface area contributed by atoms with Gasteiger partial charge in [0.25, 0.3) is 11.6 Å². The van der Waals surface area contributed by atoms with Crippen LogP contribution in [-0.2, 0) is 4.79 Å². The number of amides is 1. The fraction of sp³-hybridized carbons (Fsp3) is 0.533. The number of rotatable bonds is 4. The number of benzene rings is 1. The molecule has 21 heavy (non-hydrogen) atoms. The molecule has 0 unspecified atom stereocenters. The zero-order chi connectivity index (χ0) is 15.4. The first-order valence-corrected chi connectivity index (χ1v) is 7.39. The molecule has 0 aliphatic carbocycles. The van der Waals surface area contributed by atoms with Crippen LogP contribution in [-0.4, -0.2) is 30.0 Å². The van der Waals surface area contributed by atoms with Crippen LogP contribution in [0.5, 0.6) is 0 Å². The predicted octanol–water partition coefficient (Wildman–Crippen LogP) is 1.30. The molecule has 1 aliphatic heterocycles. The Balaban J connectivity index is 2.07. The number of nitrogens with zero attached hydrogens (tertiary/aromatic N) is 1. The highest BCUT2D eigenvalue weighted by molar-refractivity contribution is 5.94. The Morgan fingerprint density at radius 3 is 2.62 bits per heavy atom. The van der Waals surface area contributed by atoms with Crippen LogP contribution < -0.4 is 10.2 Å².